The number of hydrogen-bond donors (Lipinski definition) is 0. The summed E-state index contributed by atoms with van der Waals surface area (Å²) in [5, 5.41) is 1.04. The van der Waals surface area contributed by atoms with E-state index in [0.29, 0.717) is 5.41 Å². The van der Waals surface area contributed by atoms with E-state index in [0.717, 1.165) is 50.5 Å². The van der Waals surface area contributed by atoms with Crippen molar-refractivity contribution in [1.82, 2.24) is 0 Å². The van der Waals surface area contributed by atoms with E-state index in [1.54, 1.807) is 0 Å². The average Bonchev–Trinajstić information content (AvgIpc) is 2.29. The van der Waals surface area contributed by atoms with Crippen LogP contribution in [0.2, 0.25) is 0 Å². The van der Waals surface area contributed by atoms with E-state index in [-0.39, 0.29) is 0 Å². The van der Waals surface area contributed by atoms with Crippen LogP contribution in [0.25, 0.3) is 0 Å². The zero-order valence-corrected chi connectivity index (χ0v) is 12.2. The van der Waals surface area contributed by atoms with Crippen molar-refractivity contribution < 1.29 is 9.47 Å². The molecule has 1 fully saturated rings. The van der Waals surface area contributed by atoms with Crippen LogP contribution < -0.4 is 0 Å². The minimum atomic E-state index is 0.329. The second-order valence-electron chi connectivity index (χ2n) is 5.33. The molecule has 1 aliphatic heterocycles. The fourth-order valence-electron chi connectivity index (χ4n) is 2.00. The van der Waals surface area contributed by atoms with Crippen molar-refractivity contribution in [2.45, 2.75) is 39.5 Å². The smallest absolute Gasteiger partial charge is 0.0532 e. The number of halogens is 1. The molecular weight excluding hydrogens is 268 g/mol. The maximum atomic E-state index is 5.83. The molecule has 0 saturated carbocycles. The number of hydrogen-bond acceptors (Lipinski definition) is 2. The molecule has 2 nitrogen and oxygen atoms in total. The van der Waals surface area contributed by atoms with Crippen LogP contribution in [-0.2, 0) is 9.47 Å². The molecule has 0 atom stereocenters. The first-order chi connectivity index (χ1) is 7.68. The normalized spacial score (nSPS) is 20.2. The van der Waals surface area contributed by atoms with Crippen molar-refractivity contribution in [3.63, 3.8) is 0 Å². The first-order valence-electron chi connectivity index (χ1n) is 6.40. The Bertz CT molecular complexity index is 177. The summed E-state index contributed by atoms with van der Waals surface area (Å²) in [6.45, 7) is 8.10. The molecule has 0 aliphatic carbocycles. The Balaban J connectivity index is 2.13. The molecule has 0 aromatic carbocycles. The second-order valence-corrected chi connectivity index (χ2v) is 5.90. The van der Waals surface area contributed by atoms with E-state index in [1.165, 1.54) is 12.8 Å². The molecule has 1 rings (SSSR count). The fraction of sp³-hybridized carbons (Fsp3) is 1.00. The van der Waals surface area contributed by atoms with Crippen molar-refractivity contribution in [2.75, 3.05) is 31.8 Å². The summed E-state index contributed by atoms with van der Waals surface area (Å²) in [5.41, 5.74) is 0.329. The Labute approximate surface area is 108 Å². The Kier molecular flexibility index (Phi) is 6.94. The van der Waals surface area contributed by atoms with Gasteiger partial charge in [-0.1, -0.05) is 29.8 Å². The van der Waals surface area contributed by atoms with E-state index in [4.69, 9.17) is 9.47 Å². The zero-order chi connectivity index (χ0) is 11.9. The van der Waals surface area contributed by atoms with Gasteiger partial charge in [-0.2, -0.15) is 0 Å². The van der Waals surface area contributed by atoms with Crippen LogP contribution >= 0.6 is 15.9 Å². The van der Waals surface area contributed by atoms with E-state index in [2.05, 4.69) is 29.8 Å². The van der Waals surface area contributed by atoms with E-state index >= 15 is 0 Å². The number of rotatable bonds is 7. The van der Waals surface area contributed by atoms with Gasteiger partial charge in [0.25, 0.3) is 0 Å². The summed E-state index contributed by atoms with van der Waals surface area (Å²) in [6.07, 6.45) is 4.71. The molecule has 0 radical (unpaired) electrons. The topological polar surface area (TPSA) is 18.5 Å². The summed E-state index contributed by atoms with van der Waals surface area (Å²) < 4.78 is 11.2. The third kappa shape index (κ3) is 5.15. The molecule has 0 spiro atoms. The molecule has 0 N–H and O–H groups in total. The minimum absolute atomic E-state index is 0.329. The monoisotopic (exact) mass is 292 g/mol. The number of ether oxygens (including phenoxy) is 2. The molecule has 1 saturated heterocycles. The third-order valence-corrected chi connectivity index (χ3v) is 4.50. The zero-order valence-electron chi connectivity index (χ0n) is 10.6. The molecule has 96 valence electrons. The highest BCUT2D eigenvalue weighted by Crippen LogP contribution is 2.32. The summed E-state index contributed by atoms with van der Waals surface area (Å²) in [7, 11) is 0. The van der Waals surface area contributed by atoms with Gasteiger partial charge in [0, 0.05) is 30.6 Å². The van der Waals surface area contributed by atoms with Crippen molar-refractivity contribution in [1.29, 1.82) is 0 Å². The minimum Gasteiger partial charge on any atom is -0.381 e. The van der Waals surface area contributed by atoms with Crippen LogP contribution in [-0.4, -0.2) is 31.8 Å². The van der Waals surface area contributed by atoms with Gasteiger partial charge in [-0.15, -0.1) is 0 Å². The SMILES string of the molecule is CC(C)CCCOCC1(CBr)CCOCC1. The summed E-state index contributed by atoms with van der Waals surface area (Å²) in [5.74, 6) is 0.789. The van der Waals surface area contributed by atoms with Crippen LogP contribution in [0, 0.1) is 11.3 Å². The van der Waals surface area contributed by atoms with Gasteiger partial charge < -0.3 is 9.47 Å². The average molecular weight is 293 g/mol. The van der Waals surface area contributed by atoms with Gasteiger partial charge in [0.15, 0.2) is 0 Å². The van der Waals surface area contributed by atoms with Gasteiger partial charge >= 0.3 is 0 Å². The van der Waals surface area contributed by atoms with E-state index in [1.807, 2.05) is 0 Å². The van der Waals surface area contributed by atoms with Crippen molar-refractivity contribution >= 4 is 15.9 Å². The van der Waals surface area contributed by atoms with Gasteiger partial charge in [0.05, 0.1) is 6.61 Å². The Morgan fingerprint density at radius 1 is 1.31 bits per heavy atom. The van der Waals surface area contributed by atoms with Gasteiger partial charge in [-0.05, 0) is 31.6 Å². The standard InChI is InChI=1S/C13H25BrO2/c1-12(2)4-3-7-16-11-13(10-14)5-8-15-9-6-13/h12H,3-11H2,1-2H3. The molecule has 16 heavy (non-hydrogen) atoms. The lowest BCUT2D eigenvalue weighted by Gasteiger charge is -2.35. The summed E-state index contributed by atoms with van der Waals surface area (Å²) >= 11 is 3.62. The van der Waals surface area contributed by atoms with Gasteiger partial charge in [0.1, 0.15) is 0 Å². The molecule has 0 aromatic rings. The van der Waals surface area contributed by atoms with Crippen molar-refractivity contribution in [3.05, 3.63) is 0 Å². The second kappa shape index (κ2) is 7.67. The highest BCUT2D eigenvalue weighted by Gasteiger charge is 2.31. The van der Waals surface area contributed by atoms with Crippen molar-refractivity contribution in [2.24, 2.45) is 11.3 Å². The molecule has 0 aromatic heterocycles. The fourth-order valence-corrected chi connectivity index (χ4v) is 2.73. The van der Waals surface area contributed by atoms with Crippen LogP contribution in [0.3, 0.4) is 0 Å². The van der Waals surface area contributed by atoms with Crippen LogP contribution in [0.5, 0.6) is 0 Å². The summed E-state index contributed by atoms with van der Waals surface area (Å²) in [6, 6.07) is 0. The molecule has 0 bridgehead atoms. The predicted octanol–water partition coefficient (Wildman–Crippen LogP) is 3.63. The Morgan fingerprint density at radius 2 is 2.00 bits per heavy atom. The quantitative estimate of drug-likeness (QED) is 0.527. The highest BCUT2D eigenvalue weighted by atomic mass is 79.9. The molecule has 1 aliphatic rings. The van der Waals surface area contributed by atoms with Crippen LogP contribution in [0.1, 0.15) is 39.5 Å². The van der Waals surface area contributed by atoms with Gasteiger partial charge in [-0.3, -0.25) is 0 Å². The lowest BCUT2D eigenvalue weighted by atomic mass is 9.83. The molecule has 0 amide bonds. The van der Waals surface area contributed by atoms with E-state index in [9.17, 15) is 0 Å². The van der Waals surface area contributed by atoms with Gasteiger partial charge in [0.2, 0.25) is 0 Å². The van der Waals surface area contributed by atoms with Crippen LogP contribution in [0.4, 0.5) is 0 Å². The van der Waals surface area contributed by atoms with Gasteiger partial charge in [-0.25, -0.2) is 0 Å². The predicted molar refractivity (Wildman–Crippen MR) is 71.2 cm³/mol. The highest BCUT2D eigenvalue weighted by molar-refractivity contribution is 9.09. The Hall–Kier alpha value is 0.400. The first-order valence-corrected chi connectivity index (χ1v) is 7.52. The molecule has 1 heterocycles. The lowest BCUT2D eigenvalue weighted by molar-refractivity contribution is -0.0274. The third-order valence-electron chi connectivity index (χ3n) is 3.32. The Morgan fingerprint density at radius 3 is 2.56 bits per heavy atom. The molecule has 3 heteroatoms. The summed E-state index contributed by atoms with van der Waals surface area (Å²) in [4.78, 5) is 0. The largest absolute Gasteiger partial charge is 0.381 e. The number of alkyl halides is 1. The first kappa shape index (κ1) is 14.5. The van der Waals surface area contributed by atoms with Crippen LogP contribution in [0.15, 0.2) is 0 Å². The lowest BCUT2D eigenvalue weighted by Crippen LogP contribution is -2.35. The molecular formula is C13H25BrO2. The maximum Gasteiger partial charge on any atom is 0.0532 e. The maximum absolute atomic E-state index is 5.83. The van der Waals surface area contributed by atoms with E-state index < -0.39 is 0 Å². The molecule has 0 unspecified atom stereocenters. The van der Waals surface area contributed by atoms with Crippen molar-refractivity contribution in [3.8, 4) is 0 Å².